The predicted molar refractivity (Wildman–Crippen MR) is 102 cm³/mol. The molecule has 0 aliphatic carbocycles. The number of benzene rings is 2. The number of nitrogens with one attached hydrogen (secondary N) is 2. The second kappa shape index (κ2) is 8.35. The van der Waals surface area contributed by atoms with Gasteiger partial charge in [-0.15, -0.1) is 0 Å². The smallest absolute Gasteiger partial charge is 0.321 e. The molecule has 0 aromatic heterocycles. The summed E-state index contributed by atoms with van der Waals surface area (Å²) in [6, 6.07) is 15.4. The molecule has 3 amide bonds. The van der Waals surface area contributed by atoms with Crippen LogP contribution in [0.5, 0.6) is 0 Å². The third-order valence-electron chi connectivity index (χ3n) is 4.49. The van der Waals surface area contributed by atoms with Gasteiger partial charge in [-0.25, -0.2) is 4.79 Å². The number of likely N-dealkylation sites (tertiary alicyclic amines) is 1. The normalized spacial score (nSPS) is 16.4. The predicted octanol–water partition coefficient (Wildman–Crippen LogP) is 3.27. The van der Waals surface area contributed by atoms with Crippen molar-refractivity contribution in [2.75, 3.05) is 23.7 Å². The van der Waals surface area contributed by atoms with Gasteiger partial charge in [-0.1, -0.05) is 18.2 Å². The molecule has 27 heavy (non-hydrogen) atoms. The van der Waals surface area contributed by atoms with Gasteiger partial charge in [0.15, 0.2) is 0 Å². The van der Waals surface area contributed by atoms with Crippen molar-refractivity contribution in [3.05, 3.63) is 60.2 Å². The fraction of sp³-hybridized carbons (Fsp3) is 0.250. The van der Waals surface area contributed by atoms with Crippen molar-refractivity contribution < 1.29 is 19.5 Å². The van der Waals surface area contributed by atoms with E-state index in [1.807, 2.05) is 18.2 Å². The Morgan fingerprint density at radius 2 is 1.59 bits per heavy atom. The van der Waals surface area contributed by atoms with Crippen LogP contribution < -0.4 is 10.6 Å². The first-order valence-electron chi connectivity index (χ1n) is 8.78. The highest BCUT2D eigenvalue weighted by Crippen LogP contribution is 2.18. The van der Waals surface area contributed by atoms with Gasteiger partial charge in [0.25, 0.3) is 5.91 Å². The van der Waals surface area contributed by atoms with E-state index in [4.69, 9.17) is 5.11 Å². The fourth-order valence-electron chi connectivity index (χ4n) is 3.00. The molecule has 1 atom stereocenters. The molecule has 7 nitrogen and oxygen atoms in total. The maximum atomic E-state index is 12.3. The lowest BCUT2D eigenvalue weighted by atomic mass is 9.99. The number of carbonyl (C=O) groups excluding carboxylic acids is 2. The molecule has 0 saturated carbocycles. The highest BCUT2D eigenvalue weighted by atomic mass is 16.4. The number of carboxylic acid groups (broad SMARTS) is 1. The Morgan fingerprint density at radius 1 is 0.926 bits per heavy atom. The van der Waals surface area contributed by atoms with E-state index in [2.05, 4.69) is 10.6 Å². The lowest BCUT2D eigenvalue weighted by molar-refractivity contribution is -0.143. The molecule has 1 saturated heterocycles. The summed E-state index contributed by atoms with van der Waals surface area (Å²) in [4.78, 5) is 37.2. The monoisotopic (exact) mass is 367 g/mol. The van der Waals surface area contributed by atoms with Gasteiger partial charge in [-0.2, -0.15) is 0 Å². The second-order valence-corrected chi connectivity index (χ2v) is 6.45. The number of piperidine rings is 1. The van der Waals surface area contributed by atoms with Crippen LogP contribution in [0, 0.1) is 5.92 Å². The summed E-state index contributed by atoms with van der Waals surface area (Å²) >= 11 is 0. The van der Waals surface area contributed by atoms with Crippen molar-refractivity contribution in [3.63, 3.8) is 0 Å². The van der Waals surface area contributed by atoms with Gasteiger partial charge < -0.3 is 20.6 Å². The maximum Gasteiger partial charge on any atom is 0.321 e. The molecule has 2 aromatic carbocycles. The number of anilines is 2. The highest BCUT2D eigenvalue weighted by molar-refractivity contribution is 6.04. The maximum absolute atomic E-state index is 12.3. The van der Waals surface area contributed by atoms with Gasteiger partial charge in [0.05, 0.1) is 5.92 Å². The van der Waals surface area contributed by atoms with Gasteiger partial charge >= 0.3 is 12.0 Å². The largest absolute Gasteiger partial charge is 0.481 e. The number of urea groups is 1. The number of aliphatic carboxylic acids is 1. The van der Waals surface area contributed by atoms with Crippen LogP contribution in [0.2, 0.25) is 0 Å². The van der Waals surface area contributed by atoms with E-state index in [9.17, 15) is 14.4 Å². The average Bonchev–Trinajstić information content (AvgIpc) is 2.69. The Morgan fingerprint density at radius 3 is 2.26 bits per heavy atom. The van der Waals surface area contributed by atoms with Crippen molar-refractivity contribution in [1.29, 1.82) is 0 Å². The zero-order valence-electron chi connectivity index (χ0n) is 14.7. The van der Waals surface area contributed by atoms with E-state index in [1.54, 1.807) is 36.4 Å². The molecular weight excluding hydrogens is 346 g/mol. The van der Waals surface area contributed by atoms with E-state index in [-0.39, 0.29) is 18.5 Å². The lowest BCUT2D eigenvalue weighted by Gasteiger charge is -2.30. The third-order valence-corrected chi connectivity index (χ3v) is 4.49. The zero-order valence-corrected chi connectivity index (χ0v) is 14.7. The first-order chi connectivity index (χ1) is 13.0. The number of amides is 3. The summed E-state index contributed by atoms with van der Waals surface area (Å²) in [5, 5.41) is 14.7. The Hall–Kier alpha value is -3.35. The van der Waals surface area contributed by atoms with Crippen LogP contribution >= 0.6 is 0 Å². The van der Waals surface area contributed by atoms with Crippen molar-refractivity contribution in [2.24, 2.45) is 5.92 Å². The van der Waals surface area contributed by atoms with Gasteiger partial charge in [0, 0.05) is 30.0 Å². The molecule has 1 aliphatic rings. The molecule has 1 aliphatic heterocycles. The lowest BCUT2D eigenvalue weighted by Crippen LogP contribution is -2.44. The molecule has 0 spiro atoms. The van der Waals surface area contributed by atoms with Crippen LogP contribution in [-0.4, -0.2) is 41.0 Å². The molecule has 7 heteroatoms. The Kier molecular flexibility index (Phi) is 5.71. The molecule has 0 bridgehead atoms. The van der Waals surface area contributed by atoms with E-state index in [0.717, 1.165) is 0 Å². The number of carbonyl (C=O) groups is 3. The zero-order chi connectivity index (χ0) is 19.2. The highest BCUT2D eigenvalue weighted by Gasteiger charge is 2.28. The van der Waals surface area contributed by atoms with Crippen molar-refractivity contribution in [1.82, 2.24) is 4.90 Å². The molecular formula is C20H21N3O4. The molecule has 3 rings (SSSR count). The van der Waals surface area contributed by atoms with E-state index in [1.165, 1.54) is 4.90 Å². The van der Waals surface area contributed by atoms with Crippen molar-refractivity contribution in [3.8, 4) is 0 Å². The molecule has 2 aromatic rings. The summed E-state index contributed by atoms with van der Waals surface area (Å²) in [7, 11) is 0. The second-order valence-electron chi connectivity index (χ2n) is 6.45. The molecule has 3 N–H and O–H groups in total. The number of rotatable bonds is 4. The number of hydrogen-bond donors (Lipinski definition) is 3. The molecule has 1 heterocycles. The van der Waals surface area contributed by atoms with Crippen LogP contribution in [0.25, 0.3) is 0 Å². The van der Waals surface area contributed by atoms with Gasteiger partial charge in [-0.3, -0.25) is 9.59 Å². The minimum Gasteiger partial charge on any atom is -0.481 e. The van der Waals surface area contributed by atoms with Gasteiger partial charge in [0.1, 0.15) is 0 Å². The van der Waals surface area contributed by atoms with Crippen LogP contribution in [0.1, 0.15) is 23.2 Å². The van der Waals surface area contributed by atoms with E-state index < -0.39 is 11.9 Å². The molecule has 140 valence electrons. The van der Waals surface area contributed by atoms with Crippen LogP contribution in [-0.2, 0) is 4.79 Å². The van der Waals surface area contributed by atoms with Crippen LogP contribution in [0.15, 0.2) is 54.6 Å². The summed E-state index contributed by atoms with van der Waals surface area (Å²) in [5.74, 6) is -1.63. The number of para-hydroxylation sites is 1. The summed E-state index contributed by atoms with van der Waals surface area (Å²) in [6.45, 7) is 0.742. The van der Waals surface area contributed by atoms with Gasteiger partial charge in [0.2, 0.25) is 0 Å². The van der Waals surface area contributed by atoms with E-state index >= 15 is 0 Å². The van der Waals surface area contributed by atoms with Crippen LogP contribution in [0.4, 0.5) is 16.2 Å². The Labute approximate surface area is 157 Å². The topological polar surface area (TPSA) is 98.7 Å². The Balaban J connectivity index is 1.58. The third kappa shape index (κ3) is 4.84. The van der Waals surface area contributed by atoms with Crippen molar-refractivity contribution >= 4 is 29.3 Å². The Bertz CT molecular complexity index is 821. The fourth-order valence-corrected chi connectivity index (χ4v) is 3.00. The quantitative estimate of drug-likeness (QED) is 0.772. The summed E-state index contributed by atoms with van der Waals surface area (Å²) in [6.07, 6.45) is 1.26. The number of carboxylic acids is 1. The summed E-state index contributed by atoms with van der Waals surface area (Å²) < 4.78 is 0. The summed E-state index contributed by atoms with van der Waals surface area (Å²) in [5.41, 5.74) is 1.73. The first-order valence-corrected chi connectivity index (χ1v) is 8.78. The van der Waals surface area contributed by atoms with Crippen LogP contribution in [0.3, 0.4) is 0 Å². The first kappa shape index (κ1) is 18.4. The standard InChI is InChI=1S/C20H21N3O4/c24-18(21-16-6-2-1-3-7-16)14-8-10-17(11-9-14)22-20(27)23-12-4-5-15(13-23)19(25)26/h1-3,6-11,15H,4-5,12-13H2,(H,21,24)(H,22,27)(H,25,26). The van der Waals surface area contributed by atoms with E-state index in [0.29, 0.717) is 36.3 Å². The van der Waals surface area contributed by atoms with Gasteiger partial charge in [-0.05, 0) is 49.2 Å². The average molecular weight is 367 g/mol. The minimum atomic E-state index is -0.874. The molecule has 1 fully saturated rings. The molecule has 1 unspecified atom stereocenters. The number of hydrogen-bond acceptors (Lipinski definition) is 3. The number of nitrogens with zero attached hydrogens (tertiary/aromatic N) is 1. The minimum absolute atomic E-state index is 0.207. The van der Waals surface area contributed by atoms with Crippen molar-refractivity contribution in [2.45, 2.75) is 12.8 Å². The SMILES string of the molecule is O=C(Nc1ccccc1)c1ccc(NC(=O)N2CCCC(C(=O)O)C2)cc1. The molecule has 0 radical (unpaired) electrons.